The van der Waals surface area contributed by atoms with Crippen LogP contribution < -0.4 is 15.8 Å². The van der Waals surface area contributed by atoms with E-state index in [9.17, 15) is 4.79 Å². The zero-order chi connectivity index (χ0) is 29.3. The number of likely N-dealkylation sites (tertiary alicyclic amines) is 1. The van der Waals surface area contributed by atoms with E-state index in [2.05, 4.69) is 88.7 Å². The molecule has 0 spiro atoms. The van der Waals surface area contributed by atoms with Gasteiger partial charge in [0.15, 0.2) is 0 Å². The number of aromatic amines is 1. The molecule has 2 aromatic carbocycles. The number of piperidine rings is 1. The molecule has 1 atom stereocenters. The van der Waals surface area contributed by atoms with E-state index in [0.29, 0.717) is 19.1 Å². The van der Waals surface area contributed by atoms with Crippen LogP contribution in [0.2, 0.25) is 0 Å². The van der Waals surface area contributed by atoms with Crippen LogP contribution >= 0.6 is 23.5 Å². The molecule has 7 rings (SSSR count). The van der Waals surface area contributed by atoms with Gasteiger partial charge in [0.25, 0.3) is 0 Å². The lowest BCUT2D eigenvalue weighted by molar-refractivity contribution is 0.122. The maximum Gasteiger partial charge on any atom is 0.250 e. The molecule has 0 amide bonds. The molecule has 3 aliphatic rings. The summed E-state index contributed by atoms with van der Waals surface area (Å²) in [5, 5.41) is 3.90. The summed E-state index contributed by atoms with van der Waals surface area (Å²) in [4.78, 5) is 30.2. The molecule has 0 radical (unpaired) electrons. The lowest BCUT2D eigenvalue weighted by Gasteiger charge is -2.35. The standard InChI is InChI=1S/C34H37N5O2S2/c1-22-6-8-27(35-21-22)33(23-10-12-38(2)13-11-23)36-24-7-9-29-31(18-24)42-30-5-3-4-26(34(30)43-29)28-19-25(20-32(40)37-28)39-14-16-41-17-15-39/h3-9,18-21,23,33,36H,10-17H2,1-2H3,(H,37,40). The Morgan fingerprint density at radius 3 is 2.58 bits per heavy atom. The Labute approximate surface area is 261 Å². The highest BCUT2D eigenvalue weighted by molar-refractivity contribution is 8.05. The zero-order valence-corrected chi connectivity index (χ0v) is 26.3. The van der Waals surface area contributed by atoms with Crippen molar-refractivity contribution >= 4 is 34.9 Å². The van der Waals surface area contributed by atoms with Crippen LogP contribution in [0.5, 0.6) is 0 Å². The van der Waals surface area contributed by atoms with E-state index in [1.807, 2.05) is 6.20 Å². The van der Waals surface area contributed by atoms with Gasteiger partial charge in [0.05, 0.1) is 30.6 Å². The number of H-pyrrole nitrogens is 1. The van der Waals surface area contributed by atoms with Gasteiger partial charge in [-0.25, -0.2) is 0 Å². The summed E-state index contributed by atoms with van der Waals surface area (Å²) in [5.41, 5.74) is 6.21. The van der Waals surface area contributed by atoms with E-state index >= 15 is 0 Å². The number of hydrogen-bond donors (Lipinski definition) is 2. The van der Waals surface area contributed by atoms with Crippen LogP contribution in [0.3, 0.4) is 0 Å². The molecule has 5 heterocycles. The van der Waals surface area contributed by atoms with Crippen LogP contribution in [0, 0.1) is 12.8 Å². The fraction of sp³-hybridized carbons (Fsp3) is 0.353. The summed E-state index contributed by atoms with van der Waals surface area (Å²) in [6, 6.07) is 21.4. The quantitative estimate of drug-likeness (QED) is 0.220. The lowest BCUT2D eigenvalue weighted by atomic mass is 9.87. The molecule has 222 valence electrons. The predicted molar refractivity (Wildman–Crippen MR) is 176 cm³/mol. The summed E-state index contributed by atoms with van der Waals surface area (Å²) >= 11 is 3.58. The minimum Gasteiger partial charge on any atom is -0.378 e. The van der Waals surface area contributed by atoms with Crippen LogP contribution in [0.1, 0.15) is 30.1 Å². The second-order valence-corrected chi connectivity index (χ2v) is 13.9. The maximum absolute atomic E-state index is 12.7. The summed E-state index contributed by atoms with van der Waals surface area (Å²) in [5.74, 6) is 0.531. The molecule has 0 saturated carbocycles. The van der Waals surface area contributed by atoms with E-state index < -0.39 is 0 Å². The number of ether oxygens (including phenoxy) is 1. The third-order valence-corrected chi connectivity index (χ3v) is 11.3. The van der Waals surface area contributed by atoms with Crippen molar-refractivity contribution in [2.45, 2.75) is 45.4 Å². The van der Waals surface area contributed by atoms with Crippen molar-refractivity contribution in [2.24, 2.45) is 5.92 Å². The van der Waals surface area contributed by atoms with E-state index in [4.69, 9.17) is 9.72 Å². The zero-order valence-electron chi connectivity index (χ0n) is 24.6. The minimum absolute atomic E-state index is 0.0802. The molecule has 9 heteroatoms. The first kappa shape index (κ1) is 28.5. The van der Waals surface area contributed by atoms with Gasteiger partial charge in [-0.1, -0.05) is 41.7 Å². The van der Waals surface area contributed by atoms with E-state index in [1.54, 1.807) is 29.6 Å². The average Bonchev–Trinajstić information content (AvgIpc) is 3.03. The van der Waals surface area contributed by atoms with E-state index in [0.717, 1.165) is 67.3 Å². The maximum atomic E-state index is 12.7. The Balaban J connectivity index is 1.16. The monoisotopic (exact) mass is 611 g/mol. The van der Waals surface area contributed by atoms with Gasteiger partial charge < -0.3 is 24.8 Å². The van der Waals surface area contributed by atoms with Gasteiger partial charge in [-0.05, 0) is 87.8 Å². The minimum atomic E-state index is -0.0802. The Morgan fingerprint density at radius 1 is 0.953 bits per heavy atom. The van der Waals surface area contributed by atoms with Crippen LogP contribution in [0.25, 0.3) is 11.3 Å². The third kappa shape index (κ3) is 6.22. The first-order valence-corrected chi connectivity index (χ1v) is 16.7. The van der Waals surface area contributed by atoms with Gasteiger partial charge in [0.2, 0.25) is 5.56 Å². The van der Waals surface area contributed by atoms with Crippen molar-refractivity contribution in [3.05, 3.63) is 88.5 Å². The van der Waals surface area contributed by atoms with Crippen LogP contribution in [0.15, 0.2) is 91.2 Å². The molecule has 2 N–H and O–H groups in total. The van der Waals surface area contributed by atoms with Gasteiger partial charge in [-0.3, -0.25) is 9.78 Å². The van der Waals surface area contributed by atoms with Gasteiger partial charge >= 0.3 is 0 Å². The Hall–Kier alpha value is -3.24. The SMILES string of the molecule is Cc1ccc(C(Nc2ccc3c(c2)Sc2cccc(-c4cc(N5CCOCC5)cc(=O)[nH]4)c2S3)C2CCN(C)CC2)nc1. The van der Waals surface area contributed by atoms with Crippen molar-refractivity contribution in [2.75, 3.05) is 56.7 Å². The number of nitrogens with one attached hydrogen (secondary N) is 2. The molecule has 1 unspecified atom stereocenters. The Bertz CT molecular complexity index is 1660. The molecule has 4 aromatic rings. The largest absolute Gasteiger partial charge is 0.378 e. The van der Waals surface area contributed by atoms with Crippen LogP contribution in [0.4, 0.5) is 11.4 Å². The number of pyridine rings is 2. The Kier molecular flexibility index (Phi) is 8.23. The van der Waals surface area contributed by atoms with Gasteiger partial charge in [-0.15, -0.1) is 0 Å². The predicted octanol–water partition coefficient (Wildman–Crippen LogP) is 6.69. The van der Waals surface area contributed by atoms with Crippen LogP contribution in [-0.4, -0.2) is 61.3 Å². The number of morpholine rings is 1. The van der Waals surface area contributed by atoms with Crippen molar-refractivity contribution < 1.29 is 4.74 Å². The smallest absolute Gasteiger partial charge is 0.250 e. The second-order valence-electron chi connectivity index (χ2n) is 11.7. The molecule has 0 bridgehead atoms. The van der Waals surface area contributed by atoms with Gasteiger partial charge in [0.1, 0.15) is 0 Å². The number of fused-ring (bicyclic) bond motifs is 2. The van der Waals surface area contributed by atoms with Crippen LogP contribution in [-0.2, 0) is 4.74 Å². The third-order valence-electron chi connectivity index (χ3n) is 8.66. The Morgan fingerprint density at radius 2 is 1.79 bits per heavy atom. The number of anilines is 2. The van der Waals surface area contributed by atoms with Crippen molar-refractivity contribution in [1.82, 2.24) is 14.9 Å². The van der Waals surface area contributed by atoms with E-state index in [-0.39, 0.29) is 11.6 Å². The average molecular weight is 612 g/mol. The van der Waals surface area contributed by atoms with Crippen molar-refractivity contribution in [1.29, 1.82) is 0 Å². The number of nitrogens with zero attached hydrogens (tertiary/aromatic N) is 3. The second kappa shape index (κ2) is 12.4. The first-order chi connectivity index (χ1) is 21.0. The van der Waals surface area contributed by atoms with Crippen molar-refractivity contribution in [3.8, 4) is 11.3 Å². The topological polar surface area (TPSA) is 73.5 Å². The van der Waals surface area contributed by atoms with E-state index in [1.165, 1.54) is 25.1 Å². The highest BCUT2D eigenvalue weighted by Gasteiger charge is 2.29. The molecule has 7 nitrogen and oxygen atoms in total. The summed E-state index contributed by atoms with van der Waals surface area (Å²) < 4.78 is 5.52. The molecule has 3 aliphatic heterocycles. The molecule has 2 aromatic heterocycles. The summed E-state index contributed by atoms with van der Waals surface area (Å²) in [6.07, 6.45) is 4.30. The number of rotatable bonds is 6. The number of hydrogen-bond acceptors (Lipinski definition) is 8. The fourth-order valence-electron chi connectivity index (χ4n) is 6.22. The molecule has 0 aliphatic carbocycles. The normalized spacial score (nSPS) is 18.1. The first-order valence-electron chi connectivity index (χ1n) is 15.1. The summed E-state index contributed by atoms with van der Waals surface area (Å²) in [6.45, 7) is 7.28. The molecule has 2 saturated heterocycles. The highest BCUT2D eigenvalue weighted by atomic mass is 32.2. The number of aryl methyl sites for hydroxylation is 1. The number of benzene rings is 2. The number of aromatic nitrogens is 2. The summed E-state index contributed by atoms with van der Waals surface area (Å²) in [7, 11) is 2.21. The fourth-order valence-corrected chi connectivity index (χ4v) is 8.63. The molecule has 2 fully saturated rings. The lowest BCUT2D eigenvalue weighted by Crippen LogP contribution is -2.36. The molecular formula is C34H37N5O2S2. The van der Waals surface area contributed by atoms with Crippen molar-refractivity contribution in [3.63, 3.8) is 0 Å². The molecular weight excluding hydrogens is 575 g/mol. The van der Waals surface area contributed by atoms with Gasteiger partial charge in [-0.2, -0.15) is 0 Å². The highest BCUT2D eigenvalue weighted by Crippen LogP contribution is 2.52. The molecule has 43 heavy (non-hydrogen) atoms. The van der Waals surface area contributed by atoms with Gasteiger partial charge in [0, 0.05) is 61.9 Å².